The summed E-state index contributed by atoms with van der Waals surface area (Å²) in [5.74, 6) is 0. The second kappa shape index (κ2) is 5.85. The molecule has 0 spiro atoms. The van der Waals surface area contributed by atoms with Crippen LogP contribution in [0.5, 0.6) is 0 Å². The molecule has 0 radical (unpaired) electrons. The fourth-order valence-electron chi connectivity index (χ4n) is 1.54. The van der Waals surface area contributed by atoms with Crippen LogP contribution in [-0.2, 0) is 23.1 Å². The van der Waals surface area contributed by atoms with Crippen LogP contribution in [0.3, 0.4) is 0 Å². The zero-order chi connectivity index (χ0) is 13.9. The van der Waals surface area contributed by atoms with E-state index >= 15 is 0 Å². The highest BCUT2D eigenvalue weighted by Gasteiger charge is 2.17. The van der Waals surface area contributed by atoms with Crippen LogP contribution in [0.2, 0.25) is 0 Å². The molecular formula is C12H14BrN3O2S. The van der Waals surface area contributed by atoms with Crippen LogP contribution in [0.4, 0.5) is 0 Å². The molecule has 102 valence electrons. The topological polar surface area (TPSA) is 64.0 Å². The molecule has 0 amide bonds. The first-order valence-corrected chi connectivity index (χ1v) is 8.05. The van der Waals surface area contributed by atoms with Crippen LogP contribution in [0.15, 0.2) is 46.3 Å². The number of aromatic nitrogens is 2. The van der Waals surface area contributed by atoms with Crippen LogP contribution >= 0.6 is 15.9 Å². The first-order valence-electron chi connectivity index (χ1n) is 5.78. The highest BCUT2D eigenvalue weighted by molar-refractivity contribution is 9.10. The normalized spacial score (nSPS) is 11.7. The van der Waals surface area contributed by atoms with Crippen molar-refractivity contribution in [3.63, 3.8) is 0 Å². The Hall–Kier alpha value is -1.18. The van der Waals surface area contributed by atoms with Crippen molar-refractivity contribution in [2.24, 2.45) is 0 Å². The molecule has 1 N–H and O–H groups in total. The summed E-state index contributed by atoms with van der Waals surface area (Å²) in [6.07, 6.45) is 3.02. The van der Waals surface area contributed by atoms with E-state index in [1.54, 1.807) is 4.57 Å². The first kappa shape index (κ1) is 14.2. The highest BCUT2D eigenvalue weighted by atomic mass is 79.9. The van der Waals surface area contributed by atoms with Crippen LogP contribution in [0.25, 0.3) is 0 Å². The molecule has 0 saturated heterocycles. The van der Waals surface area contributed by atoms with E-state index in [0.29, 0.717) is 6.54 Å². The molecule has 0 unspecified atom stereocenters. The lowest BCUT2D eigenvalue weighted by Gasteiger charge is -2.06. The third-order valence-corrected chi connectivity index (χ3v) is 4.72. The van der Waals surface area contributed by atoms with E-state index < -0.39 is 10.0 Å². The zero-order valence-electron chi connectivity index (χ0n) is 10.4. The molecule has 19 heavy (non-hydrogen) atoms. The standard InChI is InChI=1S/C12H14BrN3O2S/c1-2-16-8-12(14-9-16)19(17,18)15-7-10-5-3-4-6-11(10)13/h3-6,8-9,15H,2,7H2,1H3. The summed E-state index contributed by atoms with van der Waals surface area (Å²) in [5, 5.41) is 0.0430. The van der Waals surface area contributed by atoms with E-state index in [9.17, 15) is 8.42 Å². The molecule has 0 aliphatic carbocycles. The Kier molecular flexibility index (Phi) is 4.38. The molecule has 1 heterocycles. The predicted molar refractivity (Wildman–Crippen MR) is 76.1 cm³/mol. The van der Waals surface area contributed by atoms with E-state index in [1.807, 2.05) is 31.2 Å². The van der Waals surface area contributed by atoms with Crippen molar-refractivity contribution in [3.8, 4) is 0 Å². The Morgan fingerprint density at radius 1 is 1.37 bits per heavy atom. The van der Waals surface area contributed by atoms with Crippen molar-refractivity contribution in [1.82, 2.24) is 14.3 Å². The molecule has 1 aromatic heterocycles. The fourth-order valence-corrected chi connectivity index (χ4v) is 2.92. The van der Waals surface area contributed by atoms with Crippen LogP contribution in [0.1, 0.15) is 12.5 Å². The molecule has 2 rings (SSSR count). The van der Waals surface area contributed by atoms with E-state index in [1.165, 1.54) is 12.5 Å². The van der Waals surface area contributed by atoms with Crippen molar-refractivity contribution in [1.29, 1.82) is 0 Å². The van der Waals surface area contributed by atoms with Crippen LogP contribution in [-0.4, -0.2) is 18.0 Å². The van der Waals surface area contributed by atoms with Crippen molar-refractivity contribution in [2.75, 3.05) is 0 Å². The molecule has 1 aromatic carbocycles. The maximum Gasteiger partial charge on any atom is 0.259 e. The average Bonchev–Trinajstić information content (AvgIpc) is 2.87. The number of hydrogen-bond donors (Lipinski definition) is 1. The van der Waals surface area contributed by atoms with E-state index in [4.69, 9.17) is 0 Å². The van der Waals surface area contributed by atoms with Gasteiger partial charge in [0.1, 0.15) is 0 Å². The Morgan fingerprint density at radius 3 is 2.74 bits per heavy atom. The average molecular weight is 344 g/mol. The summed E-state index contributed by atoms with van der Waals surface area (Å²) >= 11 is 3.38. The van der Waals surface area contributed by atoms with Gasteiger partial charge in [-0.05, 0) is 18.6 Å². The number of hydrogen-bond acceptors (Lipinski definition) is 3. The first-order chi connectivity index (χ1) is 9.03. The number of aryl methyl sites for hydroxylation is 1. The Balaban J connectivity index is 2.12. The third kappa shape index (κ3) is 3.43. The molecule has 7 heteroatoms. The van der Waals surface area contributed by atoms with Gasteiger partial charge in [0, 0.05) is 23.8 Å². The molecular weight excluding hydrogens is 330 g/mol. The van der Waals surface area contributed by atoms with Gasteiger partial charge in [-0.2, -0.15) is 0 Å². The molecule has 5 nitrogen and oxygen atoms in total. The fraction of sp³-hybridized carbons (Fsp3) is 0.250. The molecule has 2 aromatic rings. The minimum absolute atomic E-state index is 0.0430. The van der Waals surface area contributed by atoms with E-state index in [2.05, 4.69) is 25.6 Å². The van der Waals surface area contributed by atoms with Crippen LogP contribution < -0.4 is 4.72 Å². The zero-order valence-corrected chi connectivity index (χ0v) is 12.8. The summed E-state index contributed by atoms with van der Waals surface area (Å²) in [4.78, 5) is 3.89. The largest absolute Gasteiger partial charge is 0.336 e. The third-order valence-electron chi connectivity index (χ3n) is 2.66. The maximum absolute atomic E-state index is 12.0. The van der Waals surface area contributed by atoms with E-state index in [0.717, 1.165) is 10.0 Å². The van der Waals surface area contributed by atoms with Gasteiger partial charge in [0.05, 0.1) is 6.33 Å². The molecule has 0 bridgehead atoms. The second-order valence-electron chi connectivity index (χ2n) is 3.96. The van der Waals surface area contributed by atoms with Gasteiger partial charge in [0.2, 0.25) is 0 Å². The lowest BCUT2D eigenvalue weighted by molar-refractivity contribution is 0.577. The molecule has 0 atom stereocenters. The lowest BCUT2D eigenvalue weighted by Crippen LogP contribution is -2.23. The predicted octanol–water partition coefficient (Wildman–Crippen LogP) is 2.14. The van der Waals surface area contributed by atoms with Gasteiger partial charge >= 0.3 is 0 Å². The summed E-state index contributed by atoms with van der Waals surface area (Å²) in [5.41, 5.74) is 0.876. The molecule has 0 saturated carbocycles. The second-order valence-corrected chi connectivity index (χ2v) is 6.53. The minimum Gasteiger partial charge on any atom is -0.336 e. The number of rotatable bonds is 5. The Bertz CT molecular complexity index is 667. The Morgan fingerprint density at radius 2 is 2.11 bits per heavy atom. The number of imidazole rings is 1. The highest BCUT2D eigenvalue weighted by Crippen LogP contribution is 2.16. The van der Waals surface area contributed by atoms with Gasteiger partial charge < -0.3 is 4.57 Å². The van der Waals surface area contributed by atoms with Gasteiger partial charge in [-0.3, -0.25) is 0 Å². The number of halogens is 1. The van der Waals surface area contributed by atoms with Crippen molar-refractivity contribution >= 4 is 26.0 Å². The van der Waals surface area contributed by atoms with Gasteiger partial charge in [-0.15, -0.1) is 0 Å². The van der Waals surface area contributed by atoms with Crippen molar-refractivity contribution in [3.05, 3.63) is 46.8 Å². The van der Waals surface area contributed by atoms with Gasteiger partial charge in [-0.1, -0.05) is 34.1 Å². The number of nitrogens with one attached hydrogen (secondary N) is 1. The number of benzene rings is 1. The quantitative estimate of drug-likeness (QED) is 0.904. The van der Waals surface area contributed by atoms with Gasteiger partial charge in [-0.25, -0.2) is 18.1 Å². The monoisotopic (exact) mass is 343 g/mol. The number of sulfonamides is 1. The number of nitrogens with zero attached hydrogens (tertiary/aromatic N) is 2. The Labute approximate surface area is 120 Å². The molecule has 0 aliphatic heterocycles. The van der Waals surface area contributed by atoms with Crippen molar-refractivity contribution in [2.45, 2.75) is 25.0 Å². The SMILES string of the molecule is CCn1cnc(S(=O)(=O)NCc2ccccc2Br)c1. The smallest absolute Gasteiger partial charge is 0.259 e. The maximum atomic E-state index is 12.0. The summed E-state index contributed by atoms with van der Waals surface area (Å²) in [6, 6.07) is 7.47. The molecule has 0 fully saturated rings. The van der Waals surface area contributed by atoms with E-state index in [-0.39, 0.29) is 11.6 Å². The van der Waals surface area contributed by atoms with Gasteiger partial charge in [0.15, 0.2) is 5.03 Å². The van der Waals surface area contributed by atoms with Gasteiger partial charge in [0.25, 0.3) is 10.0 Å². The lowest BCUT2D eigenvalue weighted by atomic mass is 10.2. The van der Waals surface area contributed by atoms with Crippen molar-refractivity contribution < 1.29 is 8.42 Å². The molecule has 0 aliphatic rings. The summed E-state index contributed by atoms with van der Waals surface area (Å²) in [6.45, 7) is 2.84. The summed E-state index contributed by atoms with van der Waals surface area (Å²) < 4.78 is 29.2. The van der Waals surface area contributed by atoms with Crippen LogP contribution in [0, 0.1) is 0 Å². The minimum atomic E-state index is -3.57. The summed E-state index contributed by atoms with van der Waals surface area (Å²) in [7, 11) is -3.57.